The summed E-state index contributed by atoms with van der Waals surface area (Å²) in [5, 5.41) is 10.9. The van der Waals surface area contributed by atoms with Gasteiger partial charge in [-0.15, -0.1) is 0 Å². The largest absolute Gasteiger partial charge is 0.461 e. The third-order valence-corrected chi connectivity index (χ3v) is 11.8. The first-order valence-corrected chi connectivity index (χ1v) is 17.1. The molecule has 5 nitrogen and oxygen atoms in total. The van der Waals surface area contributed by atoms with Crippen molar-refractivity contribution in [2.24, 2.45) is 41.4 Å². The molecule has 232 valence electrons. The molecule has 7 rings (SSSR count). The number of amides is 2. The molecule has 5 aliphatic rings. The minimum absolute atomic E-state index is 0.0865. The first kappa shape index (κ1) is 29.5. The van der Waals surface area contributed by atoms with E-state index >= 15 is 0 Å². The molecule has 2 bridgehead atoms. The van der Waals surface area contributed by atoms with Gasteiger partial charge in [-0.1, -0.05) is 56.2 Å². The number of fused-ring (bicyclic) bond motifs is 5. The van der Waals surface area contributed by atoms with Crippen molar-refractivity contribution < 1.29 is 19.4 Å². The van der Waals surface area contributed by atoms with Crippen LogP contribution in [0.3, 0.4) is 0 Å². The second-order valence-corrected chi connectivity index (χ2v) is 14.6. The molecular formula is C39H47NO4. The fourth-order valence-corrected chi connectivity index (χ4v) is 9.15. The molecule has 5 heteroatoms. The zero-order valence-corrected chi connectivity index (χ0v) is 26.5. The summed E-state index contributed by atoms with van der Waals surface area (Å²) in [6.45, 7) is 6.16. The molecule has 2 aromatic rings. The maximum atomic E-state index is 13.2. The SMILES string of the molecule is C/C(=C\c1ccc(C2CCC(C3CCC(C)CC3)CC2)cc1)C(O)Oc1ccc(N2C(=O)C3C4C=CC(C4)C3C2=O)cc1C. The van der Waals surface area contributed by atoms with Crippen LogP contribution in [0.5, 0.6) is 5.75 Å². The topological polar surface area (TPSA) is 66.8 Å². The van der Waals surface area contributed by atoms with E-state index in [1.165, 1.54) is 61.8 Å². The number of aliphatic hydroxyl groups is 1. The lowest BCUT2D eigenvalue weighted by Crippen LogP contribution is -2.32. The number of imide groups is 1. The Morgan fingerprint density at radius 2 is 1.45 bits per heavy atom. The summed E-state index contributed by atoms with van der Waals surface area (Å²) >= 11 is 0. The van der Waals surface area contributed by atoms with E-state index in [1.54, 1.807) is 12.1 Å². The first-order chi connectivity index (χ1) is 21.3. The standard InChI is InChI=1S/C39H47NO4/c1-23-4-8-27(9-5-23)29-12-14-30(15-13-29)28-10-6-26(7-11-28)20-25(3)39(43)44-34-19-18-33(21-24(34)2)40-37(41)35-31-16-17-32(22-31)36(35)38(40)42/h6-7,10-11,16-21,23,27,29-32,35-36,39,43H,4-5,8-9,12-15,22H2,1-3H3/b25-20+. The number of aryl methyl sites for hydroxylation is 1. The Morgan fingerprint density at radius 1 is 0.864 bits per heavy atom. The molecule has 0 aromatic heterocycles. The van der Waals surface area contributed by atoms with E-state index in [0.717, 1.165) is 35.3 Å². The average molecular weight is 594 g/mol. The average Bonchev–Trinajstić information content (AvgIpc) is 3.72. The van der Waals surface area contributed by atoms with Gasteiger partial charge in [-0.3, -0.25) is 14.5 Å². The second-order valence-electron chi connectivity index (χ2n) is 14.6. The van der Waals surface area contributed by atoms with E-state index in [1.807, 2.05) is 26.0 Å². The molecule has 5 unspecified atom stereocenters. The predicted molar refractivity (Wildman–Crippen MR) is 174 cm³/mol. The number of allylic oxidation sites excluding steroid dienone is 2. The van der Waals surface area contributed by atoms with E-state index in [-0.39, 0.29) is 35.5 Å². The highest BCUT2D eigenvalue weighted by Gasteiger charge is 2.59. The summed E-state index contributed by atoms with van der Waals surface area (Å²) in [7, 11) is 0. The molecule has 1 saturated heterocycles. The molecule has 5 atom stereocenters. The van der Waals surface area contributed by atoms with Gasteiger partial charge < -0.3 is 9.84 Å². The monoisotopic (exact) mass is 593 g/mol. The fraction of sp³-hybridized carbons (Fsp3) is 0.538. The maximum Gasteiger partial charge on any atom is 0.238 e. The highest BCUT2D eigenvalue weighted by atomic mass is 16.6. The molecule has 44 heavy (non-hydrogen) atoms. The molecule has 1 N–H and O–H groups in total. The van der Waals surface area contributed by atoms with Crippen LogP contribution in [0.15, 0.2) is 60.2 Å². The van der Waals surface area contributed by atoms with Gasteiger partial charge in [0.1, 0.15) is 5.75 Å². The molecule has 1 heterocycles. The van der Waals surface area contributed by atoms with Crippen LogP contribution in [0.1, 0.15) is 94.2 Å². The van der Waals surface area contributed by atoms with Gasteiger partial charge in [0, 0.05) is 0 Å². The number of carbonyl (C=O) groups is 2. The highest BCUT2D eigenvalue weighted by Crippen LogP contribution is 2.53. The molecule has 2 amide bonds. The van der Waals surface area contributed by atoms with E-state index in [0.29, 0.717) is 22.9 Å². The molecule has 3 saturated carbocycles. The Bertz CT molecular complexity index is 1430. The number of nitrogens with zero attached hydrogens (tertiary/aromatic N) is 1. The van der Waals surface area contributed by atoms with E-state index in [9.17, 15) is 14.7 Å². The number of hydrogen-bond donors (Lipinski definition) is 1. The zero-order chi connectivity index (χ0) is 30.5. The number of benzene rings is 2. The highest BCUT2D eigenvalue weighted by molar-refractivity contribution is 6.22. The quantitative estimate of drug-likeness (QED) is 0.200. The summed E-state index contributed by atoms with van der Waals surface area (Å²) < 4.78 is 5.94. The van der Waals surface area contributed by atoms with Crippen molar-refractivity contribution in [3.05, 3.63) is 76.9 Å². The van der Waals surface area contributed by atoms with Crippen LogP contribution < -0.4 is 9.64 Å². The van der Waals surface area contributed by atoms with Crippen molar-refractivity contribution >= 4 is 23.6 Å². The van der Waals surface area contributed by atoms with Gasteiger partial charge in [0.2, 0.25) is 18.1 Å². The zero-order valence-electron chi connectivity index (χ0n) is 26.5. The molecule has 0 spiro atoms. The molecule has 0 radical (unpaired) electrons. The summed E-state index contributed by atoms with van der Waals surface area (Å²) in [5.74, 6) is 3.77. The minimum Gasteiger partial charge on any atom is -0.461 e. The van der Waals surface area contributed by atoms with Gasteiger partial charge >= 0.3 is 0 Å². The maximum absolute atomic E-state index is 13.2. The fourth-order valence-electron chi connectivity index (χ4n) is 9.15. The third-order valence-electron chi connectivity index (χ3n) is 11.8. The Hall–Kier alpha value is -3.18. The Balaban J connectivity index is 0.945. The number of carbonyl (C=O) groups excluding carboxylic acids is 2. The molecule has 1 aliphatic heterocycles. The van der Waals surface area contributed by atoms with Crippen LogP contribution in [0.25, 0.3) is 6.08 Å². The van der Waals surface area contributed by atoms with Crippen LogP contribution in [0.2, 0.25) is 0 Å². The van der Waals surface area contributed by atoms with Gasteiger partial charge in [-0.05, 0) is 141 Å². The lowest BCUT2D eigenvalue weighted by molar-refractivity contribution is -0.123. The van der Waals surface area contributed by atoms with Crippen molar-refractivity contribution in [3.63, 3.8) is 0 Å². The normalized spacial score (nSPS) is 34.0. The van der Waals surface area contributed by atoms with Crippen molar-refractivity contribution in [2.75, 3.05) is 4.90 Å². The lowest BCUT2D eigenvalue weighted by atomic mass is 9.68. The second kappa shape index (κ2) is 12.0. The minimum atomic E-state index is -1.10. The molecule has 4 aliphatic carbocycles. The van der Waals surface area contributed by atoms with E-state index in [2.05, 4.69) is 43.3 Å². The van der Waals surface area contributed by atoms with Gasteiger partial charge in [-0.25, -0.2) is 0 Å². The predicted octanol–water partition coefficient (Wildman–Crippen LogP) is 8.21. The van der Waals surface area contributed by atoms with Gasteiger partial charge in [0.05, 0.1) is 17.5 Å². The van der Waals surface area contributed by atoms with Gasteiger partial charge in [0.25, 0.3) is 0 Å². The molecule has 2 aromatic carbocycles. The van der Waals surface area contributed by atoms with Gasteiger partial charge in [-0.2, -0.15) is 0 Å². The van der Waals surface area contributed by atoms with E-state index < -0.39 is 6.29 Å². The Labute approximate surface area is 262 Å². The third kappa shape index (κ3) is 5.46. The van der Waals surface area contributed by atoms with Crippen LogP contribution in [-0.2, 0) is 9.59 Å². The summed E-state index contributed by atoms with van der Waals surface area (Å²) in [6.07, 6.45) is 17.1. The van der Waals surface area contributed by atoms with Crippen LogP contribution >= 0.6 is 0 Å². The van der Waals surface area contributed by atoms with Crippen molar-refractivity contribution in [1.82, 2.24) is 0 Å². The Kier molecular flexibility index (Phi) is 8.03. The first-order valence-electron chi connectivity index (χ1n) is 17.1. The summed E-state index contributed by atoms with van der Waals surface area (Å²) in [5.41, 5.74) is 4.55. The number of hydrogen-bond acceptors (Lipinski definition) is 4. The van der Waals surface area contributed by atoms with Crippen LogP contribution in [0, 0.1) is 48.3 Å². The number of rotatable bonds is 7. The molecule has 4 fully saturated rings. The van der Waals surface area contributed by atoms with Crippen LogP contribution in [-0.4, -0.2) is 23.2 Å². The van der Waals surface area contributed by atoms with Crippen LogP contribution in [0.4, 0.5) is 5.69 Å². The summed E-state index contributed by atoms with van der Waals surface area (Å²) in [6, 6.07) is 14.2. The Morgan fingerprint density at radius 3 is 2.05 bits per heavy atom. The molecular weight excluding hydrogens is 546 g/mol. The smallest absolute Gasteiger partial charge is 0.238 e. The van der Waals surface area contributed by atoms with E-state index in [4.69, 9.17) is 4.74 Å². The summed E-state index contributed by atoms with van der Waals surface area (Å²) in [4.78, 5) is 27.8. The number of ether oxygens (including phenoxy) is 1. The number of aliphatic hydroxyl groups excluding tert-OH is 1. The van der Waals surface area contributed by atoms with Crippen molar-refractivity contribution in [3.8, 4) is 5.75 Å². The lowest BCUT2D eigenvalue weighted by Gasteiger charge is -2.37. The van der Waals surface area contributed by atoms with Crippen molar-refractivity contribution in [2.45, 2.75) is 90.8 Å². The van der Waals surface area contributed by atoms with Crippen molar-refractivity contribution in [1.29, 1.82) is 0 Å². The number of anilines is 1. The van der Waals surface area contributed by atoms with Gasteiger partial charge in [0.15, 0.2) is 0 Å².